The molecule has 98 valence electrons. The van der Waals surface area contributed by atoms with Crippen LogP contribution in [0.5, 0.6) is 0 Å². The monoisotopic (exact) mass is 311 g/mol. The number of hydrogen-bond acceptors (Lipinski definition) is 2. The minimum Gasteiger partial charge on any atom is -0.444 e. The fraction of sp³-hybridized carbons (Fsp3) is 0.500. The molecule has 1 saturated heterocycles. The number of amides is 1. The number of nitrogens with zero attached hydrogens (tertiary/aromatic N) is 1. The molecule has 0 aliphatic carbocycles. The van der Waals surface area contributed by atoms with Crippen LogP contribution in [0.25, 0.3) is 0 Å². The minimum absolute atomic E-state index is 0.150. The molecule has 1 atom stereocenters. The van der Waals surface area contributed by atoms with Crippen molar-refractivity contribution >= 4 is 22.0 Å². The van der Waals surface area contributed by atoms with E-state index in [-0.39, 0.29) is 12.1 Å². The van der Waals surface area contributed by atoms with Gasteiger partial charge in [0.05, 0.1) is 6.04 Å². The molecule has 0 spiro atoms. The van der Waals surface area contributed by atoms with Crippen molar-refractivity contribution in [1.82, 2.24) is 4.90 Å². The van der Waals surface area contributed by atoms with E-state index in [4.69, 9.17) is 4.74 Å². The lowest BCUT2D eigenvalue weighted by Crippen LogP contribution is -2.47. The van der Waals surface area contributed by atoms with E-state index in [0.717, 1.165) is 23.0 Å². The summed E-state index contributed by atoms with van der Waals surface area (Å²) >= 11 is 3.45. The fourth-order valence-corrected chi connectivity index (χ4v) is 2.40. The maximum absolute atomic E-state index is 12.0. The first-order valence-electron chi connectivity index (χ1n) is 6.12. The van der Waals surface area contributed by atoms with Crippen LogP contribution in [0, 0.1) is 0 Å². The predicted octanol–water partition coefficient (Wildman–Crippen LogP) is 4.13. The normalized spacial score (nSPS) is 19.3. The van der Waals surface area contributed by atoms with Gasteiger partial charge in [0, 0.05) is 11.0 Å². The summed E-state index contributed by atoms with van der Waals surface area (Å²) in [4.78, 5) is 13.8. The second-order valence-corrected chi connectivity index (χ2v) is 6.45. The number of halogens is 1. The van der Waals surface area contributed by atoms with Crippen LogP contribution < -0.4 is 0 Å². The summed E-state index contributed by atoms with van der Waals surface area (Å²) < 4.78 is 6.44. The Labute approximate surface area is 116 Å². The summed E-state index contributed by atoms with van der Waals surface area (Å²) in [6.07, 6.45) is 0.772. The molecule has 0 aromatic heterocycles. The SMILES string of the molecule is CC(C)(C)OC(=O)N1CCC1c1cccc(Br)c1. The summed E-state index contributed by atoms with van der Waals surface area (Å²) in [5.41, 5.74) is 0.718. The van der Waals surface area contributed by atoms with Crippen molar-refractivity contribution in [3.05, 3.63) is 34.3 Å². The standard InChI is InChI=1S/C14H18BrNO2/c1-14(2,3)18-13(17)16-8-7-12(16)10-5-4-6-11(15)9-10/h4-6,9,12H,7-8H2,1-3H3. The molecule has 0 radical (unpaired) electrons. The van der Waals surface area contributed by atoms with Crippen LogP contribution in [0.1, 0.15) is 38.8 Å². The van der Waals surface area contributed by atoms with Crippen molar-refractivity contribution in [1.29, 1.82) is 0 Å². The van der Waals surface area contributed by atoms with Gasteiger partial charge in [0.1, 0.15) is 5.60 Å². The number of ether oxygens (including phenoxy) is 1. The summed E-state index contributed by atoms with van der Waals surface area (Å²) in [7, 11) is 0. The highest BCUT2D eigenvalue weighted by Gasteiger charge is 2.36. The first-order chi connectivity index (χ1) is 8.37. The molecule has 0 saturated carbocycles. The molecule has 2 rings (SSSR count). The molecule has 1 aromatic rings. The number of likely N-dealkylation sites (tertiary alicyclic amines) is 1. The lowest BCUT2D eigenvalue weighted by molar-refractivity contribution is -0.00575. The van der Waals surface area contributed by atoms with E-state index in [2.05, 4.69) is 22.0 Å². The van der Waals surface area contributed by atoms with Gasteiger partial charge in [-0.15, -0.1) is 0 Å². The summed E-state index contributed by atoms with van der Waals surface area (Å²) in [5.74, 6) is 0. The van der Waals surface area contributed by atoms with E-state index in [1.807, 2.05) is 39.0 Å². The van der Waals surface area contributed by atoms with Gasteiger partial charge in [-0.05, 0) is 44.9 Å². The zero-order chi connectivity index (χ0) is 13.3. The Kier molecular flexibility index (Phi) is 3.66. The van der Waals surface area contributed by atoms with Crippen molar-refractivity contribution in [2.75, 3.05) is 6.54 Å². The van der Waals surface area contributed by atoms with Crippen LogP contribution in [-0.2, 0) is 4.74 Å². The average Bonchev–Trinajstić information content (AvgIpc) is 2.12. The lowest BCUT2D eigenvalue weighted by Gasteiger charge is -2.41. The average molecular weight is 312 g/mol. The Balaban J connectivity index is 2.06. The van der Waals surface area contributed by atoms with Crippen LogP contribution in [0.3, 0.4) is 0 Å². The van der Waals surface area contributed by atoms with E-state index in [1.54, 1.807) is 4.90 Å². The molecule has 0 bridgehead atoms. The molecule has 0 N–H and O–H groups in total. The van der Waals surface area contributed by atoms with Gasteiger partial charge >= 0.3 is 6.09 Å². The minimum atomic E-state index is -0.436. The molecular weight excluding hydrogens is 294 g/mol. The van der Waals surface area contributed by atoms with Crippen LogP contribution in [0.4, 0.5) is 4.79 Å². The van der Waals surface area contributed by atoms with Crippen molar-refractivity contribution in [2.45, 2.75) is 38.8 Å². The van der Waals surface area contributed by atoms with Crippen LogP contribution in [0.15, 0.2) is 28.7 Å². The van der Waals surface area contributed by atoms with E-state index in [0.29, 0.717) is 0 Å². The Hall–Kier alpha value is -1.03. The number of benzene rings is 1. The molecule has 1 amide bonds. The summed E-state index contributed by atoms with van der Waals surface area (Å²) in [5, 5.41) is 0. The molecule has 1 heterocycles. The third kappa shape index (κ3) is 3.05. The Morgan fingerprint density at radius 3 is 2.67 bits per heavy atom. The first kappa shape index (κ1) is 13.4. The van der Waals surface area contributed by atoms with Gasteiger partial charge in [0.25, 0.3) is 0 Å². The highest BCUT2D eigenvalue weighted by Crippen LogP contribution is 2.35. The van der Waals surface area contributed by atoms with Crippen LogP contribution in [-0.4, -0.2) is 23.1 Å². The second kappa shape index (κ2) is 4.92. The van der Waals surface area contributed by atoms with Gasteiger partial charge in [-0.3, -0.25) is 0 Å². The van der Waals surface area contributed by atoms with Gasteiger partial charge in [0.2, 0.25) is 0 Å². The lowest BCUT2D eigenvalue weighted by atomic mass is 9.95. The van der Waals surface area contributed by atoms with Crippen molar-refractivity contribution < 1.29 is 9.53 Å². The van der Waals surface area contributed by atoms with Crippen LogP contribution in [0.2, 0.25) is 0 Å². The molecule has 4 heteroatoms. The van der Waals surface area contributed by atoms with E-state index in [9.17, 15) is 4.79 Å². The maximum Gasteiger partial charge on any atom is 0.410 e. The Morgan fingerprint density at radius 1 is 1.44 bits per heavy atom. The van der Waals surface area contributed by atoms with Crippen LogP contribution >= 0.6 is 15.9 Å². The third-order valence-electron chi connectivity index (χ3n) is 2.88. The molecule has 1 unspecified atom stereocenters. The number of hydrogen-bond donors (Lipinski definition) is 0. The highest BCUT2D eigenvalue weighted by molar-refractivity contribution is 9.10. The molecule has 3 nitrogen and oxygen atoms in total. The Morgan fingerprint density at radius 2 is 2.17 bits per heavy atom. The topological polar surface area (TPSA) is 29.5 Å². The molecule has 1 aliphatic heterocycles. The van der Waals surface area contributed by atoms with Crippen molar-refractivity contribution in [2.24, 2.45) is 0 Å². The summed E-state index contributed by atoms with van der Waals surface area (Å²) in [6.45, 7) is 6.43. The number of carbonyl (C=O) groups is 1. The largest absolute Gasteiger partial charge is 0.444 e. The van der Waals surface area contributed by atoms with E-state index < -0.39 is 5.60 Å². The van der Waals surface area contributed by atoms with Crippen molar-refractivity contribution in [3.8, 4) is 0 Å². The Bertz CT molecular complexity index is 453. The van der Waals surface area contributed by atoms with Gasteiger partial charge in [-0.25, -0.2) is 4.79 Å². The van der Waals surface area contributed by atoms with E-state index in [1.165, 1.54) is 0 Å². The predicted molar refractivity (Wildman–Crippen MR) is 74.4 cm³/mol. The van der Waals surface area contributed by atoms with Gasteiger partial charge in [0.15, 0.2) is 0 Å². The maximum atomic E-state index is 12.0. The van der Waals surface area contributed by atoms with Crippen molar-refractivity contribution in [3.63, 3.8) is 0 Å². The first-order valence-corrected chi connectivity index (χ1v) is 6.91. The van der Waals surface area contributed by atoms with Gasteiger partial charge in [-0.2, -0.15) is 0 Å². The summed E-state index contributed by atoms with van der Waals surface area (Å²) in [6, 6.07) is 8.23. The smallest absolute Gasteiger partial charge is 0.410 e. The van der Waals surface area contributed by atoms with Gasteiger partial charge in [-0.1, -0.05) is 28.1 Å². The van der Waals surface area contributed by atoms with Gasteiger partial charge < -0.3 is 9.64 Å². The number of carbonyl (C=O) groups excluding carboxylic acids is 1. The number of rotatable bonds is 1. The molecule has 1 fully saturated rings. The molecular formula is C14H18BrNO2. The third-order valence-corrected chi connectivity index (χ3v) is 3.37. The van der Waals surface area contributed by atoms with E-state index >= 15 is 0 Å². The zero-order valence-corrected chi connectivity index (χ0v) is 12.5. The second-order valence-electron chi connectivity index (χ2n) is 5.53. The molecule has 1 aromatic carbocycles. The zero-order valence-electron chi connectivity index (χ0n) is 10.9. The highest BCUT2D eigenvalue weighted by atomic mass is 79.9. The molecule has 1 aliphatic rings. The fourth-order valence-electron chi connectivity index (χ4n) is 1.99. The quantitative estimate of drug-likeness (QED) is 0.780. The molecule has 18 heavy (non-hydrogen) atoms.